The maximum atomic E-state index is 13.4. The molecule has 6 heteroatoms. The molecule has 2 N–H and O–H groups in total. The second-order valence-electron chi connectivity index (χ2n) is 5.11. The highest BCUT2D eigenvalue weighted by Crippen LogP contribution is 2.29. The van der Waals surface area contributed by atoms with Crippen LogP contribution in [0.5, 0.6) is 0 Å². The van der Waals surface area contributed by atoms with Crippen LogP contribution in [0.2, 0.25) is 0 Å². The molecule has 3 rings (SSSR count). The van der Waals surface area contributed by atoms with E-state index in [-0.39, 0.29) is 19.0 Å². The highest BCUT2D eigenvalue weighted by atomic mass is 32.1. The Kier molecular flexibility index (Phi) is 3.75. The number of aliphatic hydroxyl groups excluding tert-OH is 2. The van der Waals surface area contributed by atoms with Crippen molar-refractivity contribution < 1.29 is 14.6 Å². The van der Waals surface area contributed by atoms with Gasteiger partial charge < -0.3 is 10.2 Å². The molecule has 2 aromatic heterocycles. The second kappa shape index (κ2) is 5.55. The number of hydrogen-bond donors (Lipinski definition) is 2. The lowest BCUT2D eigenvalue weighted by Crippen LogP contribution is -2.37. The standard InChI is InChI=1S/C15H15FN2O2S/c16-12-3-1-2-11(6-12)15(9-19,10-20)7-13-8-18-4-5-21-14(18)17-13/h1-6,8,19-20H,7,9-10H2. The molecule has 4 nitrogen and oxygen atoms in total. The zero-order valence-corrected chi connectivity index (χ0v) is 12.1. The van der Waals surface area contributed by atoms with Crippen LogP contribution >= 0.6 is 11.3 Å². The molecule has 0 fully saturated rings. The molecule has 0 aliphatic rings. The van der Waals surface area contributed by atoms with Crippen molar-refractivity contribution in [1.82, 2.24) is 9.38 Å². The van der Waals surface area contributed by atoms with Crippen LogP contribution in [0.1, 0.15) is 11.3 Å². The predicted molar refractivity (Wildman–Crippen MR) is 79.0 cm³/mol. The van der Waals surface area contributed by atoms with E-state index in [9.17, 15) is 14.6 Å². The Balaban J connectivity index is 1.98. The van der Waals surface area contributed by atoms with Crippen molar-refractivity contribution in [2.45, 2.75) is 11.8 Å². The normalized spacial score (nSPS) is 12.1. The molecule has 3 aromatic rings. The largest absolute Gasteiger partial charge is 0.395 e. The summed E-state index contributed by atoms with van der Waals surface area (Å²) in [5.74, 6) is -0.385. The van der Waals surface area contributed by atoms with Gasteiger partial charge in [0, 0.05) is 29.6 Å². The third-order valence-electron chi connectivity index (χ3n) is 3.70. The Hall–Kier alpha value is -1.76. The van der Waals surface area contributed by atoms with Crippen molar-refractivity contribution in [3.05, 3.63) is 59.1 Å². The molecule has 2 heterocycles. The van der Waals surface area contributed by atoms with Gasteiger partial charge in [-0.1, -0.05) is 12.1 Å². The van der Waals surface area contributed by atoms with Gasteiger partial charge in [0.05, 0.1) is 18.9 Å². The van der Waals surface area contributed by atoms with Crippen LogP contribution in [-0.4, -0.2) is 32.8 Å². The summed E-state index contributed by atoms with van der Waals surface area (Å²) in [6, 6.07) is 5.99. The third-order valence-corrected chi connectivity index (χ3v) is 4.48. The van der Waals surface area contributed by atoms with Gasteiger partial charge in [-0.05, 0) is 17.7 Å². The number of imidazole rings is 1. The fourth-order valence-electron chi connectivity index (χ4n) is 2.47. The number of aromatic nitrogens is 2. The van der Waals surface area contributed by atoms with Crippen molar-refractivity contribution in [2.75, 3.05) is 13.2 Å². The smallest absolute Gasteiger partial charge is 0.193 e. The fourth-order valence-corrected chi connectivity index (χ4v) is 3.19. The molecule has 0 unspecified atom stereocenters. The van der Waals surface area contributed by atoms with Gasteiger partial charge in [-0.3, -0.25) is 4.40 Å². The van der Waals surface area contributed by atoms with Crippen molar-refractivity contribution >= 4 is 16.3 Å². The molecule has 110 valence electrons. The summed E-state index contributed by atoms with van der Waals surface area (Å²) < 4.78 is 15.3. The molecule has 0 saturated carbocycles. The summed E-state index contributed by atoms with van der Waals surface area (Å²) in [6.45, 7) is -0.559. The van der Waals surface area contributed by atoms with Gasteiger partial charge in [-0.2, -0.15) is 0 Å². The predicted octanol–water partition coefficient (Wildman–Crippen LogP) is 2.00. The van der Waals surface area contributed by atoms with Crippen molar-refractivity contribution in [3.8, 4) is 0 Å². The van der Waals surface area contributed by atoms with Crippen LogP contribution in [0.3, 0.4) is 0 Å². The average Bonchev–Trinajstić information content (AvgIpc) is 3.06. The van der Waals surface area contributed by atoms with Gasteiger partial charge in [0.15, 0.2) is 4.96 Å². The highest BCUT2D eigenvalue weighted by molar-refractivity contribution is 7.15. The second-order valence-corrected chi connectivity index (χ2v) is 5.98. The number of halogens is 1. The van der Waals surface area contributed by atoms with Crippen LogP contribution in [0.4, 0.5) is 4.39 Å². The summed E-state index contributed by atoms with van der Waals surface area (Å²) in [5, 5.41) is 21.5. The summed E-state index contributed by atoms with van der Waals surface area (Å²) in [6.07, 6.45) is 4.11. The van der Waals surface area contributed by atoms with Gasteiger partial charge in [-0.15, -0.1) is 11.3 Å². The van der Waals surface area contributed by atoms with Gasteiger partial charge in [-0.25, -0.2) is 9.37 Å². The maximum absolute atomic E-state index is 13.4. The molecule has 0 amide bonds. The van der Waals surface area contributed by atoms with Crippen LogP contribution in [0.15, 0.2) is 42.0 Å². The number of fused-ring (bicyclic) bond motifs is 1. The molecule has 0 saturated heterocycles. The molecular formula is C15H15FN2O2S. The highest BCUT2D eigenvalue weighted by Gasteiger charge is 2.32. The average molecular weight is 306 g/mol. The fraction of sp³-hybridized carbons (Fsp3) is 0.267. The van der Waals surface area contributed by atoms with E-state index in [2.05, 4.69) is 4.98 Å². The van der Waals surface area contributed by atoms with Crippen LogP contribution < -0.4 is 0 Å². The first-order chi connectivity index (χ1) is 10.2. The summed E-state index contributed by atoms with van der Waals surface area (Å²) in [5.41, 5.74) is 0.393. The van der Waals surface area contributed by atoms with Gasteiger partial charge in [0.1, 0.15) is 5.82 Å². The summed E-state index contributed by atoms with van der Waals surface area (Å²) in [4.78, 5) is 5.32. The monoisotopic (exact) mass is 306 g/mol. The Morgan fingerprint density at radius 2 is 2.10 bits per heavy atom. The molecule has 0 radical (unpaired) electrons. The van der Waals surface area contributed by atoms with Crippen molar-refractivity contribution in [3.63, 3.8) is 0 Å². The number of rotatable bonds is 5. The van der Waals surface area contributed by atoms with Gasteiger partial charge in [0.25, 0.3) is 0 Å². The number of nitrogens with zero attached hydrogens (tertiary/aromatic N) is 2. The lowest BCUT2D eigenvalue weighted by molar-refractivity contribution is 0.115. The minimum atomic E-state index is -0.938. The van der Waals surface area contributed by atoms with Gasteiger partial charge >= 0.3 is 0 Å². The Morgan fingerprint density at radius 3 is 2.76 bits per heavy atom. The SMILES string of the molecule is OCC(CO)(Cc1cn2ccsc2n1)c1cccc(F)c1. The number of aliphatic hydroxyl groups is 2. The van der Waals surface area contributed by atoms with E-state index >= 15 is 0 Å². The molecule has 0 aliphatic carbocycles. The van der Waals surface area contributed by atoms with E-state index in [0.717, 1.165) is 10.7 Å². The minimum Gasteiger partial charge on any atom is -0.395 e. The van der Waals surface area contributed by atoms with E-state index in [0.29, 0.717) is 12.0 Å². The summed E-state index contributed by atoms with van der Waals surface area (Å²) in [7, 11) is 0. The summed E-state index contributed by atoms with van der Waals surface area (Å²) >= 11 is 1.51. The lowest BCUT2D eigenvalue weighted by atomic mass is 9.78. The van der Waals surface area contributed by atoms with E-state index in [1.807, 2.05) is 22.2 Å². The van der Waals surface area contributed by atoms with E-state index in [4.69, 9.17) is 0 Å². The molecule has 0 aliphatic heterocycles. The molecule has 0 spiro atoms. The molecular weight excluding hydrogens is 291 g/mol. The molecule has 0 atom stereocenters. The third kappa shape index (κ3) is 2.57. The quantitative estimate of drug-likeness (QED) is 0.758. The lowest BCUT2D eigenvalue weighted by Gasteiger charge is -2.29. The first-order valence-corrected chi connectivity index (χ1v) is 7.44. The minimum absolute atomic E-state index is 0.280. The molecule has 21 heavy (non-hydrogen) atoms. The van der Waals surface area contributed by atoms with Crippen molar-refractivity contribution in [2.24, 2.45) is 0 Å². The van der Waals surface area contributed by atoms with E-state index in [1.54, 1.807) is 12.1 Å². The topological polar surface area (TPSA) is 57.8 Å². The molecule has 0 bridgehead atoms. The Morgan fingerprint density at radius 1 is 1.29 bits per heavy atom. The number of hydrogen-bond acceptors (Lipinski definition) is 4. The zero-order chi connectivity index (χ0) is 14.9. The number of benzene rings is 1. The van der Waals surface area contributed by atoms with Crippen molar-refractivity contribution in [1.29, 1.82) is 0 Å². The van der Waals surface area contributed by atoms with Crippen LogP contribution in [-0.2, 0) is 11.8 Å². The maximum Gasteiger partial charge on any atom is 0.193 e. The first kappa shape index (κ1) is 14.2. The Bertz CT molecular complexity index is 720. The molecule has 1 aromatic carbocycles. The van der Waals surface area contributed by atoms with Gasteiger partial charge in [0.2, 0.25) is 0 Å². The van der Waals surface area contributed by atoms with E-state index in [1.165, 1.54) is 23.5 Å². The van der Waals surface area contributed by atoms with Crippen LogP contribution in [0.25, 0.3) is 4.96 Å². The van der Waals surface area contributed by atoms with Crippen LogP contribution in [0, 0.1) is 5.82 Å². The number of thiazole rings is 1. The van der Waals surface area contributed by atoms with E-state index < -0.39 is 5.41 Å². The Labute approximate surface area is 125 Å². The zero-order valence-electron chi connectivity index (χ0n) is 11.2. The first-order valence-electron chi connectivity index (χ1n) is 6.56.